The minimum absolute atomic E-state index is 0.00301. The molecule has 16 heavy (non-hydrogen) atoms. The molecule has 0 saturated carbocycles. The van der Waals surface area contributed by atoms with E-state index in [0.29, 0.717) is 6.20 Å². The zero-order chi connectivity index (χ0) is 12.4. The van der Waals surface area contributed by atoms with Crippen LogP contribution in [0.1, 0.15) is 11.3 Å². The van der Waals surface area contributed by atoms with Gasteiger partial charge in [-0.1, -0.05) is 0 Å². The fourth-order valence-electron chi connectivity index (χ4n) is 0.987. The highest BCUT2D eigenvalue weighted by atomic mass is 32.2. The molecule has 1 heterocycles. The highest BCUT2D eigenvalue weighted by Gasteiger charge is 2.30. The molecule has 0 fully saturated rings. The van der Waals surface area contributed by atoms with Crippen LogP contribution in [-0.4, -0.2) is 19.2 Å². The number of hydrogen-bond acceptors (Lipinski definition) is 3. The van der Waals surface area contributed by atoms with Crippen LogP contribution in [0.5, 0.6) is 0 Å². The zero-order valence-electron chi connectivity index (χ0n) is 8.03. The number of aryl methyl sites for hydroxylation is 1. The Morgan fingerprint density at radius 1 is 1.31 bits per heavy atom. The summed E-state index contributed by atoms with van der Waals surface area (Å²) >= 11 is 0. The van der Waals surface area contributed by atoms with Gasteiger partial charge >= 0.3 is 6.18 Å². The van der Waals surface area contributed by atoms with E-state index >= 15 is 0 Å². The largest absolute Gasteiger partial charge is 0.417 e. The first-order valence-electron chi connectivity index (χ1n) is 4.21. The van der Waals surface area contributed by atoms with Gasteiger partial charge in [-0.2, -0.15) is 13.2 Å². The van der Waals surface area contributed by atoms with Crippen LogP contribution in [0.3, 0.4) is 0 Å². The number of sulfonamides is 1. The summed E-state index contributed by atoms with van der Waals surface area (Å²) in [5.41, 5.74) is -0.617. The van der Waals surface area contributed by atoms with Crippen LogP contribution in [0.25, 0.3) is 0 Å². The topological polar surface area (TPSA) is 73.1 Å². The van der Waals surface area contributed by atoms with Crippen LogP contribution >= 0.6 is 0 Å². The first-order valence-corrected chi connectivity index (χ1v) is 5.92. The van der Waals surface area contributed by atoms with Crippen molar-refractivity contribution in [2.45, 2.75) is 12.6 Å². The maximum absolute atomic E-state index is 12.1. The van der Waals surface area contributed by atoms with Gasteiger partial charge < -0.3 is 0 Å². The van der Waals surface area contributed by atoms with Crippen LogP contribution < -0.4 is 5.14 Å². The SMILES string of the molecule is NS(=O)(=O)CCc1ccc(C(F)(F)F)cn1. The normalized spacial score (nSPS) is 12.8. The third-order valence-electron chi connectivity index (χ3n) is 1.79. The van der Waals surface area contributed by atoms with Crippen LogP contribution in [-0.2, 0) is 22.6 Å². The molecule has 0 radical (unpaired) electrons. The molecule has 90 valence electrons. The van der Waals surface area contributed by atoms with Crippen molar-refractivity contribution in [1.29, 1.82) is 0 Å². The number of primary sulfonamides is 1. The summed E-state index contributed by atoms with van der Waals surface area (Å²) in [6, 6.07) is 1.99. The lowest BCUT2D eigenvalue weighted by Gasteiger charge is -2.06. The average Bonchev–Trinajstić information content (AvgIpc) is 2.13. The van der Waals surface area contributed by atoms with E-state index in [-0.39, 0.29) is 17.9 Å². The second-order valence-electron chi connectivity index (χ2n) is 3.15. The van der Waals surface area contributed by atoms with Crippen molar-refractivity contribution in [3.05, 3.63) is 29.6 Å². The molecule has 0 aliphatic carbocycles. The summed E-state index contributed by atoms with van der Waals surface area (Å²) in [7, 11) is -3.62. The standard InChI is InChI=1S/C8H9F3N2O2S/c9-8(10,11)6-1-2-7(13-5-6)3-4-16(12,14)15/h1-2,5H,3-4H2,(H2,12,14,15). The van der Waals surface area contributed by atoms with E-state index in [4.69, 9.17) is 5.14 Å². The summed E-state index contributed by atoms with van der Waals surface area (Å²) < 4.78 is 57.6. The molecule has 0 aromatic carbocycles. The Kier molecular flexibility index (Phi) is 3.54. The second-order valence-corrected chi connectivity index (χ2v) is 4.89. The van der Waals surface area contributed by atoms with Gasteiger partial charge in [0.05, 0.1) is 11.3 Å². The average molecular weight is 254 g/mol. The monoisotopic (exact) mass is 254 g/mol. The van der Waals surface area contributed by atoms with E-state index in [1.165, 1.54) is 0 Å². The summed E-state index contributed by atoms with van der Waals surface area (Å²) in [5, 5.41) is 4.75. The third-order valence-corrected chi connectivity index (χ3v) is 2.57. The number of alkyl halides is 3. The molecule has 0 unspecified atom stereocenters. The van der Waals surface area contributed by atoms with E-state index in [9.17, 15) is 21.6 Å². The van der Waals surface area contributed by atoms with Crippen LogP contribution in [0.2, 0.25) is 0 Å². The highest BCUT2D eigenvalue weighted by molar-refractivity contribution is 7.89. The minimum Gasteiger partial charge on any atom is -0.261 e. The predicted molar refractivity (Wildman–Crippen MR) is 50.9 cm³/mol. The Balaban J connectivity index is 2.73. The lowest BCUT2D eigenvalue weighted by molar-refractivity contribution is -0.137. The Bertz CT molecular complexity index is 453. The molecule has 2 N–H and O–H groups in total. The summed E-state index contributed by atoms with van der Waals surface area (Å²) in [5.74, 6) is -0.342. The number of rotatable bonds is 3. The summed E-state index contributed by atoms with van der Waals surface area (Å²) in [6.45, 7) is 0. The van der Waals surface area contributed by atoms with Crippen LogP contribution in [0.15, 0.2) is 18.3 Å². The fourth-order valence-corrected chi connectivity index (χ4v) is 1.48. The summed E-state index contributed by atoms with van der Waals surface area (Å²) in [4.78, 5) is 3.51. The number of halogens is 3. The summed E-state index contributed by atoms with van der Waals surface area (Å²) in [6.07, 6.45) is -3.78. The smallest absolute Gasteiger partial charge is 0.261 e. The van der Waals surface area contributed by atoms with E-state index < -0.39 is 21.8 Å². The molecule has 1 rings (SSSR count). The lowest BCUT2D eigenvalue weighted by atomic mass is 10.2. The zero-order valence-corrected chi connectivity index (χ0v) is 8.85. The van der Waals surface area contributed by atoms with Gasteiger partial charge in [-0.25, -0.2) is 13.6 Å². The third kappa shape index (κ3) is 4.15. The molecule has 1 aromatic rings. The Morgan fingerprint density at radius 3 is 2.31 bits per heavy atom. The molecular formula is C8H9F3N2O2S. The molecule has 4 nitrogen and oxygen atoms in total. The molecule has 0 bridgehead atoms. The van der Waals surface area contributed by atoms with Gasteiger partial charge in [0.15, 0.2) is 0 Å². The molecular weight excluding hydrogens is 245 g/mol. The molecule has 8 heteroatoms. The molecule has 0 saturated heterocycles. The van der Waals surface area contributed by atoms with E-state index in [0.717, 1.165) is 12.1 Å². The van der Waals surface area contributed by atoms with Crippen LogP contribution in [0.4, 0.5) is 13.2 Å². The van der Waals surface area contributed by atoms with Gasteiger partial charge in [0.2, 0.25) is 10.0 Å². The molecule has 0 amide bonds. The Labute approximate surface area is 90.3 Å². The van der Waals surface area contributed by atoms with Crippen LogP contribution in [0, 0.1) is 0 Å². The van der Waals surface area contributed by atoms with Gasteiger partial charge in [0.25, 0.3) is 0 Å². The van der Waals surface area contributed by atoms with Crippen molar-refractivity contribution >= 4 is 10.0 Å². The molecule has 0 aliphatic heterocycles. The van der Waals surface area contributed by atoms with E-state index in [2.05, 4.69) is 4.98 Å². The lowest BCUT2D eigenvalue weighted by Crippen LogP contribution is -2.18. The molecule has 1 aromatic heterocycles. The Hall–Kier alpha value is -1.15. The number of hydrogen-bond donors (Lipinski definition) is 1. The fraction of sp³-hybridized carbons (Fsp3) is 0.375. The second kappa shape index (κ2) is 4.38. The van der Waals surface area contributed by atoms with Crippen molar-refractivity contribution in [1.82, 2.24) is 4.98 Å². The molecule has 0 aliphatic rings. The maximum Gasteiger partial charge on any atom is 0.417 e. The predicted octanol–water partition coefficient (Wildman–Crippen LogP) is 0.931. The van der Waals surface area contributed by atoms with Crippen molar-refractivity contribution in [2.75, 3.05) is 5.75 Å². The van der Waals surface area contributed by atoms with Gasteiger partial charge in [-0.15, -0.1) is 0 Å². The van der Waals surface area contributed by atoms with Crippen molar-refractivity contribution in [2.24, 2.45) is 5.14 Å². The minimum atomic E-state index is -4.44. The van der Waals surface area contributed by atoms with Crippen molar-refractivity contribution < 1.29 is 21.6 Å². The number of pyridine rings is 1. The molecule has 0 spiro atoms. The van der Waals surface area contributed by atoms with Gasteiger partial charge in [-0.05, 0) is 12.1 Å². The first-order chi connectivity index (χ1) is 7.18. The van der Waals surface area contributed by atoms with Crippen molar-refractivity contribution in [3.8, 4) is 0 Å². The number of aromatic nitrogens is 1. The maximum atomic E-state index is 12.1. The Morgan fingerprint density at radius 2 is 1.94 bits per heavy atom. The highest BCUT2D eigenvalue weighted by Crippen LogP contribution is 2.28. The first kappa shape index (κ1) is 12.9. The number of nitrogens with two attached hydrogens (primary N) is 1. The van der Waals surface area contributed by atoms with Gasteiger partial charge in [-0.3, -0.25) is 4.98 Å². The quantitative estimate of drug-likeness (QED) is 0.872. The van der Waals surface area contributed by atoms with E-state index in [1.54, 1.807) is 0 Å². The molecule has 0 atom stereocenters. The van der Waals surface area contributed by atoms with Crippen molar-refractivity contribution in [3.63, 3.8) is 0 Å². The number of nitrogens with zero attached hydrogens (tertiary/aromatic N) is 1. The van der Waals surface area contributed by atoms with Gasteiger partial charge in [0, 0.05) is 18.3 Å². The van der Waals surface area contributed by atoms with E-state index in [1.807, 2.05) is 0 Å². The van der Waals surface area contributed by atoms with Gasteiger partial charge in [0.1, 0.15) is 0 Å².